The second kappa shape index (κ2) is 8.59. The molecule has 0 atom stereocenters. The Balaban J connectivity index is 1.73. The molecule has 7 heteroatoms. The van der Waals surface area contributed by atoms with Gasteiger partial charge in [0.1, 0.15) is 0 Å². The molecule has 0 radical (unpaired) electrons. The Hall–Kier alpha value is -1.99. The largest absolute Gasteiger partial charge is 0.465 e. The predicted octanol–water partition coefficient (Wildman–Crippen LogP) is 0.122. The first-order valence-corrected chi connectivity index (χ1v) is 7.79. The maximum Gasteiger partial charge on any atom is 0.337 e. The highest BCUT2D eigenvalue weighted by atomic mass is 16.5. The molecule has 23 heavy (non-hydrogen) atoms. The van der Waals surface area contributed by atoms with Gasteiger partial charge in [-0.3, -0.25) is 9.78 Å². The van der Waals surface area contributed by atoms with Crippen molar-refractivity contribution in [2.45, 2.75) is 13.0 Å². The molecular weight excluding hydrogens is 296 g/mol. The number of nitrogens with one attached hydrogen (secondary N) is 1. The monoisotopic (exact) mass is 320 g/mol. The number of methoxy groups -OCH3 is 1. The third-order valence-corrected chi connectivity index (χ3v) is 3.96. The number of pyridine rings is 1. The molecule has 7 nitrogen and oxygen atoms in total. The summed E-state index contributed by atoms with van der Waals surface area (Å²) >= 11 is 0. The minimum atomic E-state index is -0.407. The smallest absolute Gasteiger partial charge is 0.337 e. The van der Waals surface area contributed by atoms with Crippen LogP contribution < -0.4 is 5.32 Å². The van der Waals surface area contributed by atoms with E-state index in [1.165, 1.54) is 13.3 Å². The number of piperazine rings is 1. The van der Waals surface area contributed by atoms with Crippen molar-refractivity contribution >= 4 is 11.9 Å². The summed E-state index contributed by atoms with van der Waals surface area (Å²) in [4.78, 5) is 32.1. The van der Waals surface area contributed by atoms with Crippen molar-refractivity contribution in [2.24, 2.45) is 0 Å². The molecule has 126 valence electrons. The van der Waals surface area contributed by atoms with E-state index in [4.69, 9.17) is 0 Å². The molecule has 0 bridgehead atoms. The first-order valence-electron chi connectivity index (χ1n) is 7.79. The first kappa shape index (κ1) is 17.4. The van der Waals surface area contributed by atoms with Crippen LogP contribution in [0.4, 0.5) is 0 Å². The van der Waals surface area contributed by atoms with E-state index < -0.39 is 5.97 Å². The lowest BCUT2D eigenvalue weighted by Crippen LogP contribution is -2.45. The highest BCUT2D eigenvalue weighted by Crippen LogP contribution is 2.04. The van der Waals surface area contributed by atoms with E-state index in [1.807, 2.05) is 0 Å². The molecule has 1 amide bonds. The van der Waals surface area contributed by atoms with Gasteiger partial charge in [0.05, 0.1) is 24.9 Å². The number of carbonyl (C=O) groups excluding carboxylic acids is 2. The topological polar surface area (TPSA) is 74.8 Å². The zero-order chi connectivity index (χ0) is 16.7. The normalized spacial score (nSPS) is 16.1. The number of ether oxygens (including phenoxy) is 1. The Morgan fingerprint density at radius 1 is 1.30 bits per heavy atom. The second-order valence-corrected chi connectivity index (χ2v) is 5.70. The summed E-state index contributed by atoms with van der Waals surface area (Å²) < 4.78 is 4.67. The standard InChI is InChI=1S/C16H24N4O3/c1-19-7-9-20(10-8-19)6-4-15(21)18-12-14-11-13(3-5-17-14)16(22)23-2/h3,5,11H,4,6-10,12H2,1-2H3,(H,18,21). The van der Waals surface area contributed by atoms with Crippen molar-refractivity contribution < 1.29 is 14.3 Å². The average Bonchev–Trinajstić information content (AvgIpc) is 2.59. The molecule has 0 saturated carbocycles. The maximum atomic E-state index is 11.9. The van der Waals surface area contributed by atoms with Crippen LogP contribution in [0.5, 0.6) is 0 Å². The van der Waals surface area contributed by atoms with Gasteiger partial charge >= 0.3 is 5.97 Å². The summed E-state index contributed by atoms with van der Waals surface area (Å²) in [6.45, 7) is 5.19. The van der Waals surface area contributed by atoms with Crippen LogP contribution in [0, 0.1) is 0 Å². The Morgan fingerprint density at radius 2 is 2.04 bits per heavy atom. The van der Waals surface area contributed by atoms with E-state index in [1.54, 1.807) is 12.1 Å². The summed E-state index contributed by atoms with van der Waals surface area (Å²) in [5.41, 5.74) is 1.07. The van der Waals surface area contributed by atoms with Crippen LogP contribution in [-0.2, 0) is 16.1 Å². The fraction of sp³-hybridized carbons (Fsp3) is 0.562. The van der Waals surface area contributed by atoms with Crippen LogP contribution in [0.2, 0.25) is 0 Å². The van der Waals surface area contributed by atoms with Crippen LogP contribution in [0.3, 0.4) is 0 Å². The van der Waals surface area contributed by atoms with Gasteiger partial charge in [0.2, 0.25) is 5.91 Å². The lowest BCUT2D eigenvalue weighted by molar-refractivity contribution is -0.121. The van der Waals surface area contributed by atoms with Crippen LogP contribution in [0.1, 0.15) is 22.5 Å². The van der Waals surface area contributed by atoms with Crippen molar-refractivity contribution in [1.29, 1.82) is 0 Å². The van der Waals surface area contributed by atoms with E-state index in [2.05, 4.69) is 31.9 Å². The number of likely N-dealkylation sites (N-methyl/N-ethyl adjacent to an activating group) is 1. The number of nitrogens with zero attached hydrogens (tertiary/aromatic N) is 3. The van der Waals surface area contributed by atoms with Gasteiger partial charge in [-0.2, -0.15) is 0 Å². The first-order chi connectivity index (χ1) is 11.1. The summed E-state index contributed by atoms with van der Waals surface area (Å²) in [7, 11) is 3.45. The zero-order valence-electron chi connectivity index (χ0n) is 13.7. The summed E-state index contributed by atoms with van der Waals surface area (Å²) in [5, 5.41) is 2.84. The number of rotatable bonds is 6. The zero-order valence-corrected chi connectivity index (χ0v) is 13.7. The Bertz CT molecular complexity index is 542. The van der Waals surface area contributed by atoms with Crippen molar-refractivity contribution in [2.75, 3.05) is 46.9 Å². The molecule has 1 aliphatic heterocycles. The minimum Gasteiger partial charge on any atom is -0.465 e. The quantitative estimate of drug-likeness (QED) is 0.751. The third kappa shape index (κ3) is 5.61. The molecule has 2 rings (SSSR count). The molecule has 0 aromatic carbocycles. The van der Waals surface area contributed by atoms with E-state index in [9.17, 15) is 9.59 Å². The molecule has 0 aliphatic carbocycles. The van der Waals surface area contributed by atoms with E-state index in [-0.39, 0.29) is 5.91 Å². The third-order valence-electron chi connectivity index (χ3n) is 3.96. The molecule has 1 aromatic heterocycles. The van der Waals surface area contributed by atoms with Crippen molar-refractivity contribution in [3.63, 3.8) is 0 Å². The van der Waals surface area contributed by atoms with Crippen LogP contribution in [0.15, 0.2) is 18.3 Å². The predicted molar refractivity (Wildman–Crippen MR) is 86.0 cm³/mol. The highest BCUT2D eigenvalue weighted by Gasteiger charge is 2.14. The van der Waals surface area contributed by atoms with Gasteiger partial charge in [-0.05, 0) is 19.2 Å². The van der Waals surface area contributed by atoms with E-state index in [0.717, 1.165) is 32.7 Å². The summed E-state index contributed by atoms with van der Waals surface area (Å²) in [6, 6.07) is 3.22. The number of aromatic nitrogens is 1. The molecule has 1 aromatic rings. The van der Waals surface area contributed by atoms with Gasteiger partial charge in [-0.1, -0.05) is 0 Å². The van der Waals surface area contributed by atoms with Gasteiger partial charge in [0, 0.05) is 45.3 Å². The van der Waals surface area contributed by atoms with Gasteiger partial charge in [-0.25, -0.2) is 4.79 Å². The Kier molecular flexibility index (Phi) is 6.49. The highest BCUT2D eigenvalue weighted by molar-refractivity contribution is 5.89. The number of carbonyl (C=O) groups is 2. The molecule has 2 heterocycles. The average molecular weight is 320 g/mol. The van der Waals surface area contributed by atoms with E-state index >= 15 is 0 Å². The van der Waals surface area contributed by atoms with Crippen LogP contribution >= 0.6 is 0 Å². The molecular formula is C16H24N4O3. The summed E-state index contributed by atoms with van der Waals surface area (Å²) in [5.74, 6) is -0.413. The fourth-order valence-electron chi connectivity index (χ4n) is 2.43. The lowest BCUT2D eigenvalue weighted by Gasteiger charge is -2.32. The number of hydrogen-bond donors (Lipinski definition) is 1. The summed E-state index contributed by atoms with van der Waals surface area (Å²) in [6.07, 6.45) is 2.01. The van der Waals surface area contributed by atoms with Gasteiger partial charge in [-0.15, -0.1) is 0 Å². The number of esters is 1. The van der Waals surface area contributed by atoms with Gasteiger partial charge < -0.3 is 19.9 Å². The molecule has 0 unspecified atom stereocenters. The van der Waals surface area contributed by atoms with Gasteiger partial charge in [0.25, 0.3) is 0 Å². The Morgan fingerprint density at radius 3 is 2.74 bits per heavy atom. The molecule has 0 spiro atoms. The maximum absolute atomic E-state index is 11.9. The van der Waals surface area contributed by atoms with E-state index in [0.29, 0.717) is 24.2 Å². The fourth-order valence-corrected chi connectivity index (χ4v) is 2.43. The SMILES string of the molecule is COC(=O)c1ccnc(CNC(=O)CCN2CCN(C)CC2)c1. The molecule has 1 N–H and O–H groups in total. The van der Waals surface area contributed by atoms with Gasteiger partial charge in [0.15, 0.2) is 0 Å². The van der Waals surface area contributed by atoms with Crippen molar-refractivity contribution in [3.8, 4) is 0 Å². The number of amides is 1. The van der Waals surface area contributed by atoms with Crippen molar-refractivity contribution in [3.05, 3.63) is 29.6 Å². The molecule has 1 saturated heterocycles. The van der Waals surface area contributed by atoms with Crippen LogP contribution in [-0.4, -0.2) is 73.5 Å². The Labute approximate surface area is 136 Å². The lowest BCUT2D eigenvalue weighted by atomic mass is 10.2. The minimum absolute atomic E-state index is 0.00537. The second-order valence-electron chi connectivity index (χ2n) is 5.70. The molecule has 1 fully saturated rings. The number of hydrogen-bond acceptors (Lipinski definition) is 6. The van der Waals surface area contributed by atoms with Crippen molar-refractivity contribution in [1.82, 2.24) is 20.1 Å². The molecule has 1 aliphatic rings. The van der Waals surface area contributed by atoms with Crippen LogP contribution in [0.25, 0.3) is 0 Å².